The fourth-order valence-electron chi connectivity index (χ4n) is 4.38. The number of para-hydroxylation sites is 1. The van der Waals surface area contributed by atoms with Crippen molar-refractivity contribution in [3.63, 3.8) is 0 Å². The molecule has 0 radical (unpaired) electrons. The summed E-state index contributed by atoms with van der Waals surface area (Å²) in [7, 11) is 0. The van der Waals surface area contributed by atoms with E-state index < -0.39 is 11.9 Å². The van der Waals surface area contributed by atoms with Gasteiger partial charge in [-0.25, -0.2) is 9.97 Å². The van der Waals surface area contributed by atoms with E-state index in [0.717, 1.165) is 24.4 Å². The molecule has 1 amide bonds. The SMILES string of the molecule is O=C(NC1CCC(Nc2cc(C(F)(F)F)nc3ccccc23)CC1)c1ccc2ncccc2n1. The maximum atomic E-state index is 13.3. The van der Waals surface area contributed by atoms with Crippen LogP contribution in [0.25, 0.3) is 21.9 Å². The molecule has 9 heteroatoms. The lowest BCUT2D eigenvalue weighted by Crippen LogP contribution is -2.40. The highest BCUT2D eigenvalue weighted by atomic mass is 19.4. The van der Waals surface area contributed by atoms with E-state index in [-0.39, 0.29) is 18.0 Å². The van der Waals surface area contributed by atoms with Crippen LogP contribution in [0.15, 0.2) is 60.8 Å². The van der Waals surface area contributed by atoms with Crippen molar-refractivity contribution < 1.29 is 18.0 Å². The van der Waals surface area contributed by atoms with Gasteiger partial charge in [-0.2, -0.15) is 13.2 Å². The van der Waals surface area contributed by atoms with Gasteiger partial charge in [0.15, 0.2) is 0 Å². The van der Waals surface area contributed by atoms with Gasteiger partial charge in [0.2, 0.25) is 0 Å². The van der Waals surface area contributed by atoms with Crippen LogP contribution in [0.3, 0.4) is 0 Å². The fraction of sp³-hybridized carbons (Fsp3) is 0.280. The average Bonchev–Trinajstić information content (AvgIpc) is 2.84. The van der Waals surface area contributed by atoms with E-state index in [4.69, 9.17) is 0 Å². The van der Waals surface area contributed by atoms with Gasteiger partial charge in [-0.05, 0) is 62.1 Å². The van der Waals surface area contributed by atoms with Crippen molar-refractivity contribution in [3.8, 4) is 0 Å². The van der Waals surface area contributed by atoms with Crippen molar-refractivity contribution in [2.75, 3.05) is 5.32 Å². The van der Waals surface area contributed by atoms with Gasteiger partial charge < -0.3 is 10.6 Å². The van der Waals surface area contributed by atoms with Crippen LogP contribution >= 0.6 is 0 Å². The molecule has 174 valence electrons. The van der Waals surface area contributed by atoms with Gasteiger partial charge in [-0.3, -0.25) is 9.78 Å². The van der Waals surface area contributed by atoms with Crippen molar-refractivity contribution >= 4 is 33.5 Å². The highest BCUT2D eigenvalue weighted by molar-refractivity contribution is 5.94. The standard InChI is InChI=1S/C25H22F3N5O/c26-25(27,28)23-14-22(17-4-1-2-5-18(17)33-23)30-15-7-9-16(10-8-15)31-24(34)21-12-11-19-20(32-21)6-3-13-29-19/h1-6,11-16H,7-10H2,(H,30,33)(H,31,34). The Morgan fingerprint density at radius 1 is 0.853 bits per heavy atom. The smallest absolute Gasteiger partial charge is 0.382 e. The van der Waals surface area contributed by atoms with E-state index >= 15 is 0 Å². The average molecular weight is 465 g/mol. The Kier molecular flexibility index (Phi) is 5.77. The minimum atomic E-state index is -4.52. The van der Waals surface area contributed by atoms with Crippen LogP contribution in [-0.4, -0.2) is 32.9 Å². The largest absolute Gasteiger partial charge is 0.433 e. The maximum Gasteiger partial charge on any atom is 0.433 e. The summed E-state index contributed by atoms with van der Waals surface area (Å²) in [6.45, 7) is 0. The van der Waals surface area contributed by atoms with Crippen LogP contribution in [-0.2, 0) is 6.18 Å². The molecule has 1 aliphatic rings. The summed E-state index contributed by atoms with van der Waals surface area (Å²) in [4.78, 5) is 25.0. The Labute approximate surface area is 193 Å². The summed E-state index contributed by atoms with van der Waals surface area (Å²) >= 11 is 0. The van der Waals surface area contributed by atoms with Crippen LogP contribution in [0.4, 0.5) is 18.9 Å². The molecular weight excluding hydrogens is 443 g/mol. The summed E-state index contributed by atoms with van der Waals surface area (Å²) in [5.74, 6) is -0.239. The zero-order valence-corrected chi connectivity index (χ0v) is 18.1. The van der Waals surface area contributed by atoms with Crippen molar-refractivity contribution in [3.05, 3.63) is 72.2 Å². The molecule has 0 spiro atoms. The van der Waals surface area contributed by atoms with Gasteiger partial charge in [0.25, 0.3) is 5.91 Å². The number of halogens is 3. The molecule has 0 saturated heterocycles. The fourth-order valence-corrected chi connectivity index (χ4v) is 4.38. The molecule has 34 heavy (non-hydrogen) atoms. The first-order valence-electron chi connectivity index (χ1n) is 11.1. The van der Waals surface area contributed by atoms with Gasteiger partial charge in [-0.15, -0.1) is 0 Å². The zero-order valence-electron chi connectivity index (χ0n) is 18.1. The minimum Gasteiger partial charge on any atom is -0.382 e. The molecule has 0 aliphatic heterocycles. The number of nitrogens with zero attached hydrogens (tertiary/aromatic N) is 3. The molecule has 0 atom stereocenters. The van der Waals surface area contributed by atoms with E-state index in [1.54, 1.807) is 48.7 Å². The van der Waals surface area contributed by atoms with Crippen LogP contribution < -0.4 is 10.6 Å². The molecule has 0 bridgehead atoms. The van der Waals surface area contributed by atoms with E-state index in [1.807, 2.05) is 6.07 Å². The summed E-state index contributed by atoms with van der Waals surface area (Å²) in [6, 6.07) is 14.9. The molecular formula is C25H22F3N5O. The second kappa shape index (κ2) is 8.89. The molecule has 2 N–H and O–H groups in total. The van der Waals surface area contributed by atoms with E-state index in [0.29, 0.717) is 40.6 Å². The molecule has 1 aromatic carbocycles. The van der Waals surface area contributed by atoms with Gasteiger partial charge in [-0.1, -0.05) is 18.2 Å². The Hall–Kier alpha value is -3.75. The predicted octanol–water partition coefficient (Wildman–Crippen LogP) is 5.35. The number of aromatic nitrogens is 3. The monoisotopic (exact) mass is 465 g/mol. The lowest BCUT2D eigenvalue weighted by atomic mass is 9.90. The number of pyridine rings is 3. The number of hydrogen-bond donors (Lipinski definition) is 2. The zero-order chi connectivity index (χ0) is 23.7. The van der Waals surface area contributed by atoms with E-state index in [1.165, 1.54) is 0 Å². The van der Waals surface area contributed by atoms with Gasteiger partial charge in [0, 0.05) is 29.4 Å². The summed E-state index contributed by atoms with van der Waals surface area (Å²) in [6.07, 6.45) is 0.0294. The van der Waals surface area contributed by atoms with Crippen LogP contribution in [0, 0.1) is 0 Å². The second-order valence-electron chi connectivity index (χ2n) is 8.47. The molecule has 1 fully saturated rings. The summed E-state index contributed by atoms with van der Waals surface area (Å²) in [5, 5.41) is 6.98. The van der Waals surface area contributed by atoms with E-state index in [9.17, 15) is 18.0 Å². The quantitative estimate of drug-likeness (QED) is 0.425. The lowest BCUT2D eigenvalue weighted by Gasteiger charge is -2.30. The topological polar surface area (TPSA) is 79.8 Å². The minimum absolute atomic E-state index is 0.00455. The van der Waals surface area contributed by atoms with Crippen molar-refractivity contribution in [1.29, 1.82) is 0 Å². The van der Waals surface area contributed by atoms with Crippen LogP contribution in [0.2, 0.25) is 0 Å². The number of fused-ring (bicyclic) bond motifs is 2. The first-order chi connectivity index (χ1) is 16.4. The lowest BCUT2D eigenvalue weighted by molar-refractivity contribution is -0.140. The molecule has 3 aromatic heterocycles. The van der Waals surface area contributed by atoms with Crippen molar-refractivity contribution in [2.45, 2.75) is 43.9 Å². The highest BCUT2D eigenvalue weighted by Crippen LogP contribution is 2.34. The number of carbonyl (C=O) groups is 1. The third-order valence-corrected chi connectivity index (χ3v) is 6.12. The Bertz CT molecular complexity index is 1350. The van der Waals surface area contributed by atoms with Gasteiger partial charge >= 0.3 is 6.18 Å². The summed E-state index contributed by atoms with van der Waals surface area (Å²) < 4.78 is 40.0. The number of rotatable bonds is 4. The normalized spacial score (nSPS) is 18.7. The van der Waals surface area contributed by atoms with E-state index in [2.05, 4.69) is 25.6 Å². The Morgan fingerprint density at radius 2 is 1.59 bits per heavy atom. The molecule has 0 unspecified atom stereocenters. The molecule has 3 heterocycles. The number of amides is 1. The maximum absolute atomic E-state index is 13.3. The number of alkyl halides is 3. The second-order valence-corrected chi connectivity index (χ2v) is 8.47. The first kappa shape index (κ1) is 22.1. The molecule has 1 saturated carbocycles. The molecule has 5 rings (SSSR count). The van der Waals surface area contributed by atoms with Crippen molar-refractivity contribution in [2.24, 2.45) is 0 Å². The van der Waals surface area contributed by atoms with Crippen LogP contribution in [0.5, 0.6) is 0 Å². The number of hydrogen-bond acceptors (Lipinski definition) is 5. The predicted molar refractivity (Wildman–Crippen MR) is 123 cm³/mol. The number of anilines is 1. The van der Waals surface area contributed by atoms with Gasteiger partial charge in [0.05, 0.1) is 16.6 Å². The molecule has 6 nitrogen and oxygen atoms in total. The number of carbonyl (C=O) groups excluding carboxylic acids is 1. The highest BCUT2D eigenvalue weighted by Gasteiger charge is 2.34. The van der Waals surface area contributed by atoms with Crippen molar-refractivity contribution in [1.82, 2.24) is 20.3 Å². The van der Waals surface area contributed by atoms with Gasteiger partial charge in [0.1, 0.15) is 11.4 Å². The Balaban J connectivity index is 1.24. The summed E-state index contributed by atoms with van der Waals surface area (Å²) in [5.41, 5.74) is 1.54. The first-order valence-corrected chi connectivity index (χ1v) is 11.1. The molecule has 4 aromatic rings. The third-order valence-electron chi connectivity index (χ3n) is 6.12. The third kappa shape index (κ3) is 4.64. The van der Waals surface area contributed by atoms with Crippen LogP contribution in [0.1, 0.15) is 41.9 Å². The molecule has 1 aliphatic carbocycles. The number of nitrogens with one attached hydrogen (secondary N) is 2. The Morgan fingerprint density at radius 3 is 2.38 bits per heavy atom. The number of benzene rings is 1.